The van der Waals surface area contributed by atoms with Crippen LogP contribution < -0.4 is 22.1 Å². The number of nitrogens with two attached hydrogens (primary N) is 2. The van der Waals surface area contributed by atoms with E-state index in [4.69, 9.17) is 11.5 Å². The zero-order chi connectivity index (χ0) is 27.2. The van der Waals surface area contributed by atoms with E-state index in [0.717, 1.165) is 39.3 Å². The summed E-state index contributed by atoms with van der Waals surface area (Å²) in [5.74, 6) is -0.239. The van der Waals surface area contributed by atoms with Crippen molar-refractivity contribution in [2.24, 2.45) is 5.73 Å². The molecule has 0 aliphatic carbocycles. The van der Waals surface area contributed by atoms with E-state index in [2.05, 4.69) is 33.9 Å². The zero-order valence-electron chi connectivity index (χ0n) is 21.8. The first-order chi connectivity index (χ1) is 19.0. The third-order valence-corrected chi connectivity index (χ3v) is 6.56. The van der Waals surface area contributed by atoms with Gasteiger partial charge in [0.1, 0.15) is 5.69 Å². The Morgan fingerprint density at radius 3 is 2.36 bits per heavy atom. The summed E-state index contributed by atoms with van der Waals surface area (Å²) >= 11 is 0. The fraction of sp³-hybridized carbons (Fsp3) is 0.125. The van der Waals surface area contributed by atoms with Gasteiger partial charge in [-0.25, -0.2) is 4.68 Å². The van der Waals surface area contributed by atoms with Crippen LogP contribution in [0.25, 0.3) is 5.69 Å². The number of carbonyl (C=O) groups excluding carboxylic acids is 1. The standard InChI is InChI=1S/C32H32N6O/c1-22-17-30(38(37-22)29-12-5-7-24(18-29)20-33)32(39)36-28-11-6-10-26(19-28)31(25-8-3-2-4-9-25)35-21-23-13-15-27(34)16-14-23/h2-19,31,35H,20-21,33-34H2,1H3,(H,36,39). The fourth-order valence-corrected chi connectivity index (χ4v) is 4.59. The lowest BCUT2D eigenvalue weighted by atomic mass is 9.97. The highest BCUT2D eigenvalue weighted by Gasteiger charge is 2.18. The van der Waals surface area contributed by atoms with Crippen molar-refractivity contribution in [3.8, 4) is 5.69 Å². The number of hydrogen-bond acceptors (Lipinski definition) is 5. The first-order valence-corrected chi connectivity index (χ1v) is 12.9. The van der Waals surface area contributed by atoms with E-state index >= 15 is 0 Å². The van der Waals surface area contributed by atoms with Crippen LogP contribution in [0, 0.1) is 6.92 Å². The van der Waals surface area contributed by atoms with Crippen molar-refractivity contribution in [3.63, 3.8) is 0 Å². The van der Waals surface area contributed by atoms with Gasteiger partial charge in [-0.1, -0.05) is 66.7 Å². The highest BCUT2D eigenvalue weighted by molar-refractivity contribution is 6.03. The molecule has 1 amide bonds. The molecule has 0 saturated carbocycles. The maximum absolute atomic E-state index is 13.4. The monoisotopic (exact) mass is 516 g/mol. The predicted molar refractivity (Wildman–Crippen MR) is 157 cm³/mol. The highest BCUT2D eigenvalue weighted by Crippen LogP contribution is 2.26. The average molecular weight is 517 g/mol. The summed E-state index contributed by atoms with van der Waals surface area (Å²) in [7, 11) is 0. The lowest BCUT2D eigenvalue weighted by Gasteiger charge is -2.21. The van der Waals surface area contributed by atoms with Gasteiger partial charge in [-0.2, -0.15) is 5.10 Å². The third-order valence-electron chi connectivity index (χ3n) is 6.56. The number of nitrogens with zero attached hydrogens (tertiary/aromatic N) is 2. The van der Waals surface area contributed by atoms with Gasteiger partial charge in [0.15, 0.2) is 0 Å². The van der Waals surface area contributed by atoms with Gasteiger partial charge >= 0.3 is 0 Å². The van der Waals surface area contributed by atoms with Gasteiger partial charge in [0, 0.05) is 24.5 Å². The van der Waals surface area contributed by atoms with E-state index in [1.807, 2.05) is 91.9 Å². The Labute approximate surface area is 228 Å². The lowest BCUT2D eigenvalue weighted by Crippen LogP contribution is -2.22. The molecule has 0 radical (unpaired) electrons. The molecule has 0 fully saturated rings. The number of aryl methyl sites for hydroxylation is 1. The summed E-state index contributed by atoms with van der Waals surface area (Å²) in [5, 5.41) is 11.3. The van der Waals surface area contributed by atoms with E-state index in [1.54, 1.807) is 10.7 Å². The van der Waals surface area contributed by atoms with Crippen molar-refractivity contribution in [1.82, 2.24) is 15.1 Å². The van der Waals surface area contributed by atoms with Crippen LogP contribution in [-0.2, 0) is 13.1 Å². The second-order valence-electron chi connectivity index (χ2n) is 9.50. The number of nitrogens with one attached hydrogen (secondary N) is 2. The van der Waals surface area contributed by atoms with Gasteiger partial charge in [-0.05, 0) is 71.6 Å². The van der Waals surface area contributed by atoms with Crippen molar-refractivity contribution in [1.29, 1.82) is 0 Å². The van der Waals surface area contributed by atoms with E-state index in [0.29, 0.717) is 24.5 Å². The Bertz CT molecular complexity index is 1560. The summed E-state index contributed by atoms with van der Waals surface area (Å²) in [4.78, 5) is 13.4. The van der Waals surface area contributed by atoms with Gasteiger partial charge in [0.25, 0.3) is 5.91 Å². The van der Waals surface area contributed by atoms with Crippen molar-refractivity contribution >= 4 is 17.3 Å². The molecule has 5 rings (SSSR count). The summed E-state index contributed by atoms with van der Waals surface area (Å²) in [5.41, 5.74) is 19.4. The van der Waals surface area contributed by atoms with E-state index in [-0.39, 0.29) is 11.9 Å². The number of carbonyl (C=O) groups is 1. The van der Waals surface area contributed by atoms with Gasteiger partial charge in [0.05, 0.1) is 17.4 Å². The Hall–Kier alpha value is -4.72. The highest BCUT2D eigenvalue weighted by atomic mass is 16.2. The molecule has 1 aromatic heterocycles. The molecule has 0 saturated heterocycles. The van der Waals surface area contributed by atoms with Crippen LogP contribution >= 0.6 is 0 Å². The quantitative estimate of drug-likeness (QED) is 0.197. The maximum atomic E-state index is 13.4. The second kappa shape index (κ2) is 11.8. The molecule has 196 valence electrons. The number of nitrogen functional groups attached to an aromatic ring is 1. The summed E-state index contributed by atoms with van der Waals surface area (Å²) in [6.45, 7) is 2.95. The normalized spacial score (nSPS) is 11.7. The van der Waals surface area contributed by atoms with Gasteiger partial charge in [0.2, 0.25) is 0 Å². The SMILES string of the molecule is Cc1cc(C(=O)Nc2cccc(C(NCc3ccc(N)cc3)c3ccccc3)c2)n(-c2cccc(CN)c2)n1. The van der Waals surface area contributed by atoms with Crippen LogP contribution in [0.1, 0.15) is 44.5 Å². The number of anilines is 2. The molecule has 0 aliphatic rings. The van der Waals surface area contributed by atoms with Gasteiger partial charge in [-0.3, -0.25) is 4.79 Å². The fourth-order valence-electron chi connectivity index (χ4n) is 4.59. The molecule has 0 spiro atoms. The zero-order valence-corrected chi connectivity index (χ0v) is 21.8. The Balaban J connectivity index is 1.40. The van der Waals surface area contributed by atoms with E-state index in [1.165, 1.54) is 0 Å². The van der Waals surface area contributed by atoms with Crippen molar-refractivity contribution in [2.75, 3.05) is 11.1 Å². The minimum absolute atomic E-state index is 0.0765. The number of benzene rings is 4. The average Bonchev–Trinajstić information content (AvgIpc) is 3.37. The molecule has 1 unspecified atom stereocenters. The topological polar surface area (TPSA) is 111 Å². The predicted octanol–water partition coefficient (Wildman–Crippen LogP) is 5.35. The minimum atomic E-state index is -0.239. The van der Waals surface area contributed by atoms with Crippen LogP contribution in [0.2, 0.25) is 0 Å². The first-order valence-electron chi connectivity index (χ1n) is 12.9. The summed E-state index contributed by atoms with van der Waals surface area (Å²) in [6, 6.07) is 35.5. The molecule has 5 aromatic rings. The molecule has 0 bridgehead atoms. The molecular weight excluding hydrogens is 484 g/mol. The first kappa shape index (κ1) is 25.9. The van der Waals surface area contributed by atoms with Crippen molar-refractivity contribution < 1.29 is 4.79 Å². The van der Waals surface area contributed by atoms with E-state index in [9.17, 15) is 4.79 Å². The minimum Gasteiger partial charge on any atom is -0.399 e. The van der Waals surface area contributed by atoms with Crippen LogP contribution in [0.15, 0.2) is 109 Å². The van der Waals surface area contributed by atoms with Crippen LogP contribution in [-0.4, -0.2) is 15.7 Å². The van der Waals surface area contributed by atoms with Gasteiger partial charge < -0.3 is 22.1 Å². The molecule has 4 aromatic carbocycles. The van der Waals surface area contributed by atoms with E-state index < -0.39 is 0 Å². The number of aromatic nitrogens is 2. The Kier molecular flexibility index (Phi) is 7.82. The molecular formula is C32H32N6O. The summed E-state index contributed by atoms with van der Waals surface area (Å²) < 4.78 is 1.66. The lowest BCUT2D eigenvalue weighted by molar-refractivity contribution is 0.101. The third kappa shape index (κ3) is 6.23. The number of rotatable bonds is 9. The molecule has 7 heteroatoms. The van der Waals surface area contributed by atoms with Crippen LogP contribution in [0.5, 0.6) is 0 Å². The summed E-state index contributed by atoms with van der Waals surface area (Å²) in [6.07, 6.45) is 0. The number of amides is 1. The largest absolute Gasteiger partial charge is 0.399 e. The molecule has 39 heavy (non-hydrogen) atoms. The second-order valence-corrected chi connectivity index (χ2v) is 9.50. The van der Waals surface area contributed by atoms with Crippen molar-refractivity contribution in [2.45, 2.75) is 26.1 Å². The number of hydrogen-bond donors (Lipinski definition) is 4. The maximum Gasteiger partial charge on any atom is 0.274 e. The Morgan fingerprint density at radius 2 is 1.59 bits per heavy atom. The molecule has 1 heterocycles. The molecule has 0 aliphatic heterocycles. The molecule has 1 atom stereocenters. The molecule has 6 N–H and O–H groups in total. The van der Waals surface area contributed by atoms with Gasteiger partial charge in [-0.15, -0.1) is 0 Å². The van der Waals surface area contributed by atoms with Crippen molar-refractivity contribution in [3.05, 3.63) is 143 Å². The van der Waals surface area contributed by atoms with Crippen LogP contribution in [0.4, 0.5) is 11.4 Å². The van der Waals surface area contributed by atoms with Crippen LogP contribution in [0.3, 0.4) is 0 Å². The molecule has 7 nitrogen and oxygen atoms in total. The Morgan fingerprint density at radius 1 is 0.846 bits per heavy atom. The smallest absolute Gasteiger partial charge is 0.274 e.